The normalized spacial score (nSPS) is 11.1. The highest BCUT2D eigenvalue weighted by molar-refractivity contribution is 5.95. The Morgan fingerprint density at radius 1 is 1.00 bits per heavy atom. The van der Waals surface area contributed by atoms with Crippen LogP contribution in [0.4, 0.5) is 11.6 Å². The smallest absolute Gasteiger partial charge is 0.251 e. The molecule has 28 heavy (non-hydrogen) atoms. The zero-order valence-corrected chi connectivity index (χ0v) is 16.8. The Kier molecular flexibility index (Phi) is 5.73. The molecule has 0 saturated heterocycles. The van der Waals surface area contributed by atoms with Gasteiger partial charge in [0.2, 0.25) is 5.95 Å². The second kappa shape index (κ2) is 8.21. The number of nitrogens with one attached hydrogen (secondary N) is 2. The van der Waals surface area contributed by atoms with E-state index in [4.69, 9.17) is 0 Å². The van der Waals surface area contributed by atoms with Crippen molar-refractivity contribution < 1.29 is 4.79 Å². The van der Waals surface area contributed by atoms with E-state index in [9.17, 15) is 4.79 Å². The van der Waals surface area contributed by atoms with Crippen LogP contribution in [0, 0.1) is 6.92 Å². The minimum atomic E-state index is -0.241. The van der Waals surface area contributed by atoms with E-state index in [0.29, 0.717) is 11.5 Å². The first-order valence-electron chi connectivity index (χ1n) is 9.45. The van der Waals surface area contributed by atoms with Crippen LogP contribution in [0.3, 0.4) is 0 Å². The summed E-state index contributed by atoms with van der Waals surface area (Å²) in [4.78, 5) is 21.3. The first-order valence-corrected chi connectivity index (χ1v) is 9.45. The zero-order valence-electron chi connectivity index (χ0n) is 16.8. The molecular formula is C23H26N4O. The lowest BCUT2D eigenvalue weighted by Crippen LogP contribution is -2.42. The highest BCUT2D eigenvalue weighted by Crippen LogP contribution is 2.21. The molecule has 2 N–H and O–H groups in total. The Morgan fingerprint density at radius 3 is 2.39 bits per heavy atom. The van der Waals surface area contributed by atoms with Crippen LogP contribution < -0.4 is 10.6 Å². The van der Waals surface area contributed by atoms with Crippen molar-refractivity contribution in [3.05, 3.63) is 72.1 Å². The highest BCUT2D eigenvalue weighted by atomic mass is 16.1. The Labute approximate surface area is 166 Å². The fourth-order valence-corrected chi connectivity index (χ4v) is 2.70. The molecule has 1 amide bonds. The van der Waals surface area contributed by atoms with E-state index in [1.165, 1.54) is 5.56 Å². The molecule has 1 heterocycles. The molecule has 3 rings (SSSR count). The molecule has 0 unspecified atom stereocenters. The number of carbonyl (C=O) groups is 1. The lowest BCUT2D eigenvalue weighted by molar-refractivity contribution is 0.0911. The number of aromatic nitrogens is 2. The molecule has 2 aromatic carbocycles. The Morgan fingerprint density at radius 2 is 1.71 bits per heavy atom. The van der Waals surface area contributed by atoms with Gasteiger partial charge in [-0.1, -0.05) is 42.8 Å². The zero-order chi connectivity index (χ0) is 20.1. The van der Waals surface area contributed by atoms with Crippen LogP contribution in [0.2, 0.25) is 0 Å². The third kappa shape index (κ3) is 4.94. The Balaban J connectivity index is 1.73. The first-order chi connectivity index (χ1) is 13.4. The molecular weight excluding hydrogens is 348 g/mol. The molecule has 5 nitrogen and oxygen atoms in total. The highest BCUT2D eigenvalue weighted by Gasteiger charge is 2.18. The topological polar surface area (TPSA) is 66.9 Å². The van der Waals surface area contributed by atoms with Gasteiger partial charge in [0.05, 0.1) is 0 Å². The molecule has 0 aliphatic carbocycles. The Bertz CT molecular complexity index is 964. The van der Waals surface area contributed by atoms with Crippen molar-refractivity contribution in [2.24, 2.45) is 0 Å². The molecule has 144 valence electrons. The summed E-state index contributed by atoms with van der Waals surface area (Å²) in [6.45, 7) is 8.13. The third-order valence-corrected chi connectivity index (χ3v) is 4.72. The van der Waals surface area contributed by atoms with Gasteiger partial charge in [0.1, 0.15) is 0 Å². The minimum Gasteiger partial charge on any atom is -0.347 e. The number of anilines is 2. The summed E-state index contributed by atoms with van der Waals surface area (Å²) in [5, 5.41) is 6.21. The van der Waals surface area contributed by atoms with Gasteiger partial charge in [0.15, 0.2) is 0 Å². The predicted molar refractivity (Wildman–Crippen MR) is 114 cm³/mol. The van der Waals surface area contributed by atoms with Crippen LogP contribution in [0.1, 0.15) is 43.1 Å². The molecule has 0 atom stereocenters. The lowest BCUT2D eigenvalue weighted by atomic mass is 10.0. The van der Waals surface area contributed by atoms with Crippen LogP contribution >= 0.6 is 0 Å². The van der Waals surface area contributed by atoms with Crippen LogP contribution in [0.25, 0.3) is 11.1 Å². The summed E-state index contributed by atoms with van der Waals surface area (Å²) in [5.41, 5.74) is 4.37. The molecule has 0 saturated carbocycles. The standard InChI is InChI=1S/C23H26N4O/c1-5-23(3,4)27-21(28)18-10-7-11-20(13-18)26-22-24-14-19(15-25-22)17-9-6-8-16(2)12-17/h6-15H,5H2,1-4H3,(H,27,28)(H,24,25,26). The number of rotatable bonds is 6. The van der Waals surface area contributed by atoms with Gasteiger partial charge >= 0.3 is 0 Å². The van der Waals surface area contributed by atoms with E-state index in [0.717, 1.165) is 23.2 Å². The van der Waals surface area contributed by atoms with Crippen molar-refractivity contribution in [3.63, 3.8) is 0 Å². The van der Waals surface area contributed by atoms with Gasteiger partial charge in [0.25, 0.3) is 5.91 Å². The quantitative estimate of drug-likeness (QED) is 0.629. The largest absolute Gasteiger partial charge is 0.347 e. The van der Waals surface area contributed by atoms with Crippen molar-refractivity contribution >= 4 is 17.5 Å². The second-order valence-corrected chi connectivity index (χ2v) is 7.56. The van der Waals surface area contributed by atoms with Crippen molar-refractivity contribution in [2.45, 2.75) is 39.7 Å². The molecule has 0 radical (unpaired) electrons. The summed E-state index contributed by atoms with van der Waals surface area (Å²) in [5.74, 6) is 0.397. The summed E-state index contributed by atoms with van der Waals surface area (Å²) < 4.78 is 0. The van der Waals surface area contributed by atoms with Crippen LogP contribution in [0.5, 0.6) is 0 Å². The maximum atomic E-state index is 12.5. The predicted octanol–water partition coefficient (Wildman–Crippen LogP) is 5.11. The van der Waals surface area contributed by atoms with Gasteiger partial charge in [-0.05, 0) is 51.0 Å². The summed E-state index contributed by atoms with van der Waals surface area (Å²) in [6, 6.07) is 15.6. The lowest BCUT2D eigenvalue weighted by Gasteiger charge is -2.24. The molecule has 0 spiro atoms. The van der Waals surface area contributed by atoms with Crippen LogP contribution in [0.15, 0.2) is 60.9 Å². The SMILES string of the molecule is CCC(C)(C)NC(=O)c1cccc(Nc2ncc(-c3cccc(C)c3)cn2)c1. The first kappa shape index (κ1) is 19.5. The fraction of sp³-hybridized carbons (Fsp3) is 0.261. The molecule has 1 aromatic heterocycles. The van der Waals surface area contributed by atoms with E-state index < -0.39 is 0 Å². The van der Waals surface area contributed by atoms with Gasteiger partial charge in [-0.15, -0.1) is 0 Å². The van der Waals surface area contributed by atoms with Crippen molar-refractivity contribution in [2.75, 3.05) is 5.32 Å². The average molecular weight is 374 g/mol. The number of hydrogen-bond acceptors (Lipinski definition) is 4. The number of amides is 1. The van der Waals surface area contributed by atoms with E-state index in [1.807, 2.05) is 38.1 Å². The van der Waals surface area contributed by atoms with Crippen LogP contribution in [-0.4, -0.2) is 21.4 Å². The fourth-order valence-electron chi connectivity index (χ4n) is 2.70. The Hall–Kier alpha value is -3.21. The third-order valence-electron chi connectivity index (χ3n) is 4.72. The van der Waals surface area contributed by atoms with E-state index in [-0.39, 0.29) is 11.4 Å². The number of hydrogen-bond donors (Lipinski definition) is 2. The summed E-state index contributed by atoms with van der Waals surface area (Å²) in [7, 11) is 0. The van der Waals surface area contributed by atoms with Crippen molar-refractivity contribution in [1.29, 1.82) is 0 Å². The molecule has 0 fully saturated rings. The number of aryl methyl sites for hydroxylation is 1. The van der Waals surface area contributed by atoms with E-state index in [2.05, 4.69) is 46.6 Å². The molecule has 5 heteroatoms. The van der Waals surface area contributed by atoms with E-state index >= 15 is 0 Å². The van der Waals surface area contributed by atoms with Gasteiger partial charge in [-0.3, -0.25) is 4.79 Å². The maximum absolute atomic E-state index is 12.5. The summed E-state index contributed by atoms with van der Waals surface area (Å²) in [6.07, 6.45) is 4.45. The molecule has 3 aromatic rings. The van der Waals surface area contributed by atoms with Gasteiger partial charge < -0.3 is 10.6 Å². The maximum Gasteiger partial charge on any atom is 0.251 e. The molecule has 0 aliphatic heterocycles. The molecule has 0 bridgehead atoms. The van der Waals surface area contributed by atoms with Crippen molar-refractivity contribution in [1.82, 2.24) is 15.3 Å². The summed E-state index contributed by atoms with van der Waals surface area (Å²) >= 11 is 0. The van der Waals surface area contributed by atoms with Crippen molar-refractivity contribution in [3.8, 4) is 11.1 Å². The van der Waals surface area contributed by atoms with Crippen LogP contribution in [-0.2, 0) is 0 Å². The minimum absolute atomic E-state index is 0.0915. The van der Waals surface area contributed by atoms with E-state index in [1.54, 1.807) is 24.5 Å². The van der Waals surface area contributed by atoms with Gasteiger partial charge in [-0.25, -0.2) is 9.97 Å². The van der Waals surface area contributed by atoms with Gasteiger partial charge in [-0.2, -0.15) is 0 Å². The number of carbonyl (C=O) groups excluding carboxylic acids is 1. The number of nitrogens with zero attached hydrogens (tertiary/aromatic N) is 2. The van der Waals surface area contributed by atoms with Gasteiger partial charge in [0, 0.05) is 34.7 Å². The number of benzene rings is 2. The average Bonchev–Trinajstić information content (AvgIpc) is 2.68. The second-order valence-electron chi connectivity index (χ2n) is 7.56. The molecule has 0 aliphatic rings. The monoisotopic (exact) mass is 374 g/mol.